The van der Waals surface area contributed by atoms with E-state index >= 15 is 0 Å². The van der Waals surface area contributed by atoms with E-state index in [1.165, 1.54) is 11.3 Å². The molecule has 0 spiro atoms. The molecule has 0 N–H and O–H groups in total. The van der Waals surface area contributed by atoms with Crippen molar-refractivity contribution in [2.24, 2.45) is 0 Å². The first-order valence-electron chi connectivity index (χ1n) is 4.04. The van der Waals surface area contributed by atoms with Crippen molar-refractivity contribution in [1.29, 1.82) is 0 Å². The number of nitrogens with zero attached hydrogens (tertiary/aromatic N) is 2. The average Bonchev–Trinajstić information content (AvgIpc) is 2.70. The monoisotopic (exact) mass is 278 g/mol. The van der Waals surface area contributed by atoms with E-state index in [0.29, 0.717) is 15.9 Å². The van der Waals surface area contributed by atoms with E-state index in [1.807, 2.05) is 6.07 Å². The van der Waals surface area contributed by atoms with Crippen molar-refractivity contribution in [2.45, 2.75) is 5.88 Å². The van der Waals surface area contributed by atoms with Crippen LogP contribution >= 0.6 is 46.1 Å². The molecule has 0 amide bonds. The summed E-state index contributed by atoms with van der Waals surface area (Å²) in [6, 6.07) is 5.36. The molecule has 1 aromatic heterocycles. The quantitative estimate of drug-likeness (QED) is 0.768. The van der Waals surface area contributed by atoms with Gasteiger partial charge in [0.2, 0.25) is 0 Å². The molecule has 0 aliphatic carbocycles. The molecule has 0 saturated heterocycles. The Morgan fingerprint density at radius 2 is 1.93 bits per heavy atom. The number of rotatable bonds is 2. The minimum Gasteiger partial charge on any atom is -0.142 e. The Morgan fingerprint density at radius 1 is 1.13 bits per heavy atom. The first-order valence-corrected chi connectivity index (χ1v) is 6.15. The number of benzene rings is 1. The highest BCUT2D eigenvalue weighted by Crippen LogP contribution is 2.30. The molecule has 1 aromatic carbocycles. The summed E-state index contributed by atoms with van der Waals surface area (Å²) in [6.45, 7) is 0. The lowest BCUT2D eigenvalue weighted by Gasteiger charge is -1.97. The van der Waals surface area contributed by atoms with Crippen molar-refractivity contribution in [1.82, 2.24) is 10.2 Å². The minimum absolute atomic E-state index is 0.374. The van der Waals surface area contributed by atoms with Gasteiger partial charge in [-0.2, -0.15) is 0 Å². The summed E-state index contributed by atoms with van der Waals surface area (Å²) in [5.41, 5.74) is 0.901. The summed E-state index contributed by atoms with van der Waals surface area (Å²) in [5.74, 6) is 0.374. The molecule has 6 heteroatoms. The van der Waals surface area contributed by atoms with Gasteiger partial charge in [0.05, 0.1) is 15.9 Å². The van der Waals surface area contributed by atoms with Crippen LogP contribution in [0.2, 0.25) is 10.0 Å². The van der Waals surface area contributed by atoms with E-state index in [9.17, 15) is 0 Å². The third-order valence-corrected chi connectivity index (χ3v) is 3.87. The van der Waals surface area contributed by atoms with Crippen LogP contribution in [-0.2, 0) is 5.88 Å². The van der Waals surface area contributed by atoms with Gasteiger partial charge in [-0.1, -0.05) is 40.6 Å². The maximum Gasteiger partial charge on any atom is 0.147 e. The van der Waals surface area contributed by atoms with Crippen LogP contribution in [0.15, 0.2) is 18.2 Å². The lowest BCUT2D eigenvalue weighted by molar-refractivity contribution is 1.04. The van der Waals surface area contributed by atoms with Crippen LogP contribution < -0.4 is 0 Å². The zero-order chi connectivity index (χ0) is 10.8. The van der Waals surface area contributed by atoms with E-state index < -0.39 is 0 Å². The molecule has 0 bridgehead atoms. The zero-order valence-electron chi connectivity index (χ0n) is 7.38. The third-order valence-electron chi connectivity index (χ3n) is 1.75. The molecule has 0 unspecified atom stereocenters. The SMILES string of the molecule is ClCc1nnc(-c2ccc(Cl)c(Cl)c2)s1. The molecule has 0 saturated carbocycles. The summed E-state index contributed by atoms with van der Waals surface area (Å²) in [5, 5.41) is 10.6. The number of hydrogen-bond acceptors (Lipinski definition) is 3. The van der Waals surface area contributed by atoms with Crippen LogP contribution in [0.3, 0.4) is 0 Å². The summed E-state index contributed by atoms with van der Waals surface area (Å²) in [6.07, 6.45) is 0. The highest BCUT2D eigenvalue weighted by molar-refractivity contribution is 7.14. The predicted octanol–water partition coefficient (Wildman–Crippen LogP) is 4.25. The van der Waals surface area contributed by atoms with Crippen molar-refractivity contribution in [3.05, 3.63) is 33.3 Å². The van der Waals surface area contributed by atoms with Crippen molar-refractivity contribution in [3.8, 4) is 10.6 Å². The smallest absolute Gasteiger partial charge is 0.142 e. The number of aromatic nitrogens is 2. The molecule has 0 aliphatic heterocycles. The molecule has 2 nitrogen and oxygen atoms in total. The van der Waals surface area contributed by atoms with E-state index in [-0.39, 0.29) is 0 Å². The summed E-state index contributed by atoms with van der Waals surface area (Å²) in [4.78, 5) is 0. The minimum atomic E-state index is 0.374. The Kier molecular flexibility index (Phi) is 3.46. The van der Waals surface area contributed by atoms with Crippen LogP contribution in [0, 0.1) is 0 Å². The molecule has 15 heavy (non-hydrogen) atoms. The Bertz CT molecular complexity index is 484. The van der Waals surface area contributed by atoms with E-state index in [1.54, 1.807) is 12.1 Å². The first kappa shape index (κ1) is 11.1. The van der Waals surface area contributed by atoms with Gasteiger partial charge in [-0.05, 0) is 12.1 Å². The number of hydrogen-bond donors (Lipinski definition) is 0. The van der Waals surface area contributed by atoms with Gasteiger partial charge in [-0.3, -0.25) is 0 Å². The van der Waals surface area contributed by atoms with Gasteiger partial charge in [0.15, 0.2) is 0 Å². The highest BCUT2D eigenvalue weighted by atomic mass is 35.5. The van der Waals surface area contributed by atoms with Gasteiger partial charge in [0.1, 0.15) is 10.0 Å². The van der Waals surface area contributed by atoms with Crippen molar-refractivity contribution < 1.29 is 0 Å². The molecule has 1 heterocycles. The lowest BCUT2D eigenvalue weighted by atomic mass is 10.2. The Labute approximate surface area is 106 Å². The van der Waals surface area contributed by atoms with Gasteiger partial charge in [0.25, 0.3) is 0 Å². The molecule has 0 fully saturated rings. The van der Waals surface area contributed by atoms with Crippen molar-refractivity contribution >= 4 is 46.1 Å². The number of alkyl halides is 1. The van der Waals surface area contributed by atoms with Crippen LogP contribution in [-0.4, -0.2) is 10.2 Å². The normalized spacial score (nSPS) is 10.6. The second kappa shape index (κ2) is 4.66. The maximum absolute atomic E-state index is 5.90. The van der Waals surface area contributed by atoms with Crippen molar-refractivity contribution in [2.75, 3.05) is 0 Å². The highest BCUT2D eigenvalue weighted by Gasteiger charge is 2.07. The molecular weight excluding hydrogens is 275 g/mol. The summed E-state index contributed by atoms with van der Waals surface area (Å²) >= 11 is 18.8. The van der Waals surface area contributed by atoms with E-state index in [2.05, 4.69) is 10.2 Å². The van der Waals surface area contributed by atoms with Gasteiger partial charge in [-0.15, -0.1) is 21.8 Å². The topological polar surface area (TPSA) is 25.8 Å². The van der Waals surface area contributed by atoms with E-state index in [0.717, 1.165) is 15.6 Å². The molecular formula is C9H5Cl3N2S. The third kappa shape index (κ3) is 2.42. The zero-order valence-corrected chi connectivity index (χ0v) is 10.5. The standard InChI is InChI=1S/C9H5Cl3N2S/c10-4-8-13-14-9(15-8)5-1-2-6(11)7(12)3-5/h1-3H,4H2. The fraction of sp³-hybridized carbons (Fsp3) is 0.111. The fourth-order valence-corrected chi connectivity index (χ4v) is 2.25. The molecule has 0 aliphatic rings. The second-order valence-electron chi connectivity index (χ2n) is 2.76. The maximum atomic E-state index is 5.90. The van der Waals surface area contributed by atoms with Crippen LogP contribution in [0.5, 0.6) is 0 Å². The molecule has 78 valence electrons. The second-order valence-corrected chi connectivity index (χ2v) is 4.91. The van der Waals surface area contributed by atoms with Gasteiger partial charge in [-0.25, -0.2) is 0 Å². The van der Waals surface area contributed by atoms with Crippen molar-refractivity contribution in [3.63, 3.8) is 0 Å². The molecule has 0 atom stereocenters. The molecule has 2 aromatic rings. The van der Waals surface area contributed by atoms with Gasteiger partial charge >= 0.3 is 0 Å². The molecule has 0 radical (unpaired) electrons. The average molecular weight is 280 g/mol. The summed E-state index contributed by atoms with van der Waals surface area (Å²) < 4.78 is 0. The Balaban J connectivity index is 2.40. The largest absolute Gasteiger partial charge is 0.147 e. The lowest BCUT2D eigenvalue weighted by Crippen LogP contribution is -1.77. The Hall–Kier alpha value is -0.350. The van der Waals surface area contributed by atoms with Crippen LogP contribution in [0.4, 0.5) is 0 Å². The number of halogens is 3. The van der Waals surface area contributed by atoms with Gasteiger partial charge in [0, 0.05) is 5.56 Å². The predicted molar refractivity (Wildman–Crippen MR) is 64.9 cm³/mol. The molecule has 2 rings (SSSR count). The Morgan fingerprint density at radius 3 is 2.53 bits per heavy atom. The first-order chi connectivity index (χ1) is 7.20. The van der Waals surface area contributed by atoms with E-state index in [4.69, 9.17) is 34.8 Å². The fourth-order valence-electron chi connectivity index (χ4n) is 1.05. The van der Waals surface area contributed by atoms with Gasteiger partial charge < -0.3 is 0 Å². The van der Waals surface area contributed by atoms with Crippen LogP contribution in [0.25, 0.3) is 10.6 Å². The summed E-state index contributed by atoms with van der Waals surface area (Å²) in [7, 11) is 0. The van der Waals surface area contributed by atoms with Crippen LogP contribution in [0.1, 0.15) is 5.01 Å².